The van der Waals surface area contributed by atoms with E-state index in [1.807, 2.05) is 0 Å². The lowest BCUT2D eigenvalue weighted by Crippen LogP contribution is -2.12. The van der Waals surface area contributed by atoms with Gasteiger partial charge in [0, 0.05) is 0 Å². The molecule has 0 N–H and O–H groups in total. The molecule has 0 saturated carbocycles. The zero-order valence-electron chi connectivity index (χ0n) is 17.9. The largest absolute Gasteiger partial charge is 0.0616 e. The third kappa shape index (κ3) is 3.33. The minimum atomic E-state index is 0.0772. The van der Waals surface area contributed by atoms with Crippen LogP contribution < -0.4 is 0 Å². The molecule has 0 aromatic heterocycles. The first-order valence-electron chi connectivity index (χ1n) is 10.2. The lowest BCUT2D eigenvalue weighted by molar-refractivity contribution is 0.590. The van der Waals surface area contributed by atoms with Crippen molar-refractivity contribution in [1.82, 2.24) is 0 Å². The lowest BCUT2D eigenvalue weighted by atomic mass is 9.79. The summed E-state index contributed by atoms with van der Waals surface area (Å²) in [6.45, 7) is 13.7. The minimum absolute atomic E-state index is 0.0772. The van der Waals surface area contributed by atoms with Crippen molar-refractivity contribution in [3.63, 3.8) is 0 Å². The summed E-state index contributed by atoms with van der Waals surface area (Å²) in [6.07, 6.45) is 0. The Labute approximate surface area is 169 Å². The van der Waals surface area contributed by atoms with E-state index in [0.29, 0.717) is 0 Å². The van der Waals surface area contributed by atoms with Crippen LogP contribution in [0.15, 0.2) is 72.8 Å². The van der Waals surface area contributed by atoms with E-state index in [4.69, 9.17) is 0 Å². The van der Waals surface area contributed by atoms with Crippen LogP contribution in [0.1, 0.15) is 52.7 Å². The van der Waals surface area contributed by atoms with Gasteiger partial charge < -0.3 is 0 Å². The van der Waals surface area contributed by atoms with Crippen LogP contribution in [0, 0.1) is 0 Å². The summed E-state index contributed by atoms with van der Waals surface area (Å²) in [7, 11) is 0. The molecule has 142 valence electrons. The Morgan fingerprint density at radius 1 is 0.500 bits per heavy atom. The van der Waals surface area contributed by atoms with Gasteiger partial charge in [-0.3, -0.25) is 0 Å². The van der Waals surface area contributed by atoms with Crippen molar-refractivity contribution in [2.45, 2.75) is 52.4 Å². The van der Waals surface area contributed by atoms with E-state index in [-0.39, 0.29) is 10.8 Å². The highest BCUT2D eigenvalue weighted by Crippen LogP contribution is 2.38. The molecule has 0 aliphatic rings. The number of rotatable bonds is 1. The van der Waals surface area contributed by atoms with Crippen LogP contribution >= 0.6 is 0 Å². The van der Waals surface area contributed by atoms with E-state index in [1.54, 1.807) is 0 Å². The third-order valence-corrected chi connectivity index (χ3v) is 5.70. The topological polar surface area (TPSA) is 0 Å². The van der Waals surface area contributed by atoms with Crippen molar-refractivity contribution in [1.29, 1.82) is 0 Å². The van der Waals surface area contributed by atoms with Gasteiger partial charge in [-0.2, -0.15) is 0 Å². The van der Waals surface area contributed by atoms with E-state index in [1.165, 1.54) is 43.8 Å². The highest BCUT2D eigenvalue weighted by Gasteiger charge is 2.21. The van der Waals surface area contributed by atoms with Gasteiger partial charge in [0.05, 0.1) is 0 Å². The summed E-state index contributed by atoms with van der Waals surface area (Å²) in [4.78, 5) is 0. The molecule has 4 aromatic carbocycles. The zero-order valence-corrected chi connectivity index (χ0v) is 17.9. The standard InChI is InChI=1S/C28H30/c1-27(2,3)23-15-13-19(14-16-23)20-11-12-22-17-21-9-7-8-10-24(21)26(25(22)18-20)28(4,5)6/h7-18H,1-6H3. The first kappa shape index (κ1) is 18.7. The highest BCUT2D eigenvalue weighted by molar-refractivity contribution is 6.04. The Kier molecular flexibility index (Phi) is 4.34. The maximum atomic E-state index is 2.38. The van der Waals surface area contributed by atoms with Gasteiger partial charge >= 0.3 is 0 Å². The van der Waals surface area contributed by atoms with E-state index in [0.717, 1.165) is 0 Å². The quantitative estimate of drug-likeness (QED) is 0.297. The predicted molar refractivity (Wildman–Crippen MR) is 124 cm³/mol. The summed E-state index contributed by atoms with van der Waals surface area (Å²) < 4.78 is 0. The highest BCUT2D eigenvalue weighted by atomic mass is 14.2. The Balaban J connectivity index is 1.95. The zero-order chi connectivity index (χ0) is 20.1. The van der Waals surface area contributed by atoms with Gasteiger partial charge in [0.1, 0.15) is 0 Å². The second-order valence-electron chi connectivity index (χ2n) is 9.99. The molecule has 0 heteroatoms. The average molecular weight is 367 g/mol. The molecule has 0 nitrogen and oxygen atoms in total. The van der Waals surface area contributed by atoms with Gasteiger partial charge in [-0.15, -0.1) is 0 Å². The number of fused-ring (bicyclic) bond motifs is 2. The van der Waals surface area contributed by atoms with Gasteiger partial charge in [-0.25, -0.2) is 0 Å². The van der Waals surface area contributed by atoms with Crippen LogP contribution in [0.25, 0.3) is 32.7 Å². The second-order valence-corrected chi connectivity index (χ2v) is 9.99. The molecule has 0 unspecified atom stereocenters. The van der Waals surface area contributed by atoms with Crippen molar-refractivity contribution in [3.05, 3.63) is 83.9 Å². The fourth-order valence-electron chi connectivity index (χ4n) is 4.21. The van der Waals surface area contributed by atoms with E-state index in [9.17, 15) is 0 Å². The molecule has 0 heterocycles. The molecule has 0 amide bonds. The van der Waals surface area contributed by atoms with E-state index in [2.05, 4.69) is 114 Å². The van der Waals surface area contributed by atoms with Crippen molar-refractivity contribution >= 4 is 21.5 Å². The molecule has 0 aliphatic heterocycles. The fraction of sp³-hybridized carbons (Fsp3) is 0.286. The number of hydrogen-bond acceptors (Lipinski definition) is 0. The van der Waals surface area contributed by atoms with Crippen molar-refractivity contribution in [3.8, 4) is 11.1 Å². The first-order chi connectivity index (χ1) is 13.1. The van der Waals surface area contributed by atoms with Crippen LogP contribution in [0.4, 0.5) is 0 Å². The average Bonchev–Trinajstić information content (AvgIpc) is 2.64. The van der Waals surface area contributed by atoms with Gasteiger partial charge in [0.15, 0.2) is 0 Å². The van der Waals surface area contributed by atoms with Crippen LogP contribution in [0.3, 0.4) is 0 Å². The fourth-order valence-corrected chi connectivity index (χ4v) is 4.21. The molecular weight excluding hydrogens is 336 g/mol. The molecule has 0 bridgehead atoms. The SMILES string of the molecule is CC(C)(C)c1ccc(-c2ccc3cc4ccccc4c(C(C)(C)C)c3c2)cc1. The van der Waals surface area contributed by atoms with Crippen molar-refractivity contribution < 1.29 is 0 Å². The summed E-state index contributed by atoms with van der Waals surface area (Å²) in [5.41, 5.74) is 5.64. The number of hydrogen-bond donors (Lipinski definition) is 0. The van der Waals surface area contributed by atoms with E-state index < -0.39 is 0 Å². The maximum absolute atomic E-state index is 2.38. The van der Waals surface area contributed by atoms with Crippen LogP contribution in [0.5, 0.6) is 0 Å². The molecule has 0 aliphatic carbocycles. The van der Waals surface area contributed by atoms with Gasteiger partial charge in [0.2, 0.25) is 0 Å². The molecule has 0 atom stereocenters. The van der Waals surface area contributed by atoms with Crippen LogP contribution in [-0.4, -0.2) is 0 Å². The van der Waals surface area contributed by atoms with E-state index >= 15 is 0 Å². The first-order valence-corrected chi connectivity index (χ1v) is 10.2. The molecule has 0 spiro atoms. The van der Waals surface area contributed by atoms with Gasteiger partial charge in [-0.1, -0.05) is 102 Å². The summed E-state index contributed by atoms with van der Waals surface area (Å²) >= 11 is 0. The maximum Gasteiger partial charge on any atom is -0.0120 e. The Morgan fingerprint density at radius 3 is 1.75 bits per heavy atom. The molecule has 28 heavy (non-hydrogen) atoms. The molecule has 0 fully saturated rings. The summed E-state index contributed by atoms with van der Waals surface area (Å²) in [5, 5.41) is 5.37. The predicted octanol–water partition coefficient (Wildman–Crippen LogP) is 8.26. The third-order valence-electron chi connectivity index (χ3n) is 5.70. The van der Waals surface area contributed by atoms with Gasteiger partial charge in [0.25, 0.3) is 0 Å². The van der Waals surface area contributed by atoms with Crippen molar-refractivity contribution in [2.24, 2.45) is 0 Å². The molecule has 0 saturated heterocycles. The summed E-state index contributed by atoms with van der Waals surface area (Å²) in [5.74, 6) is 0. The van der Waals surface area contributed by atoms with Gasteiger partial charge in [-0.05, 0) is 66.8 Å². The normalized spacial score (nSPS) is 12.6. The lowest BCUT2D eigenvalue weighted by Gasteiger charge is -2.24. The van der Waals surface area contributed by atoms with Crippen LogP contribution in [-0.2, 0) is 10.8 Å². The smallest absolute Gasteiger partial charge is 0.0120 e. The monoisotopic (exact) mass is 366 g/mol. The Hall–Kier alpha value is -2.60. The number of benzene rings is 4. The Bertz CT molecular complexity index is 1150. The summed E-state index contributed by atoms with van der Waals surface area (Å²) in [6, 6.07) is 27.1. The minimum Gasteiger partial charge on any atom is -0.0616 e. The Morgan fingerprint density at radius 2 is 1.11 bits per heavy atom. The molecular formula is C28H30. The van der Waals surface area contributed by atoms with Crippen LogP contribution in [0.2, 0.25) is 0 Å². The second kappa shape index (κ2) is 6.48. The van der Waals surface area contributed by atoms with Crippen molar-refractivity contribution in [2.75, 3.05) is 0 Å². The molecule has 4 rings (SSSR count). The molecule has 4 aromatic rings. The molecule has 0 radical (unpaired) electrons.